The number of nitriles is 1. The average molecular weight is 369 g/mol. The topological polar surface area (TPSA) is 56.6 Å². The van der Waals surface area contributed by atoms with E-state index in [9.17, 15) is 4.79 Å². The second-order valence-electron chi connectivity index (χ2n) is 4.13. The number of hydrogen-bond acceptors (Lipinski definition) is 4. The predicted octanol–water partition coefficient (Wildman–Crippen LogP) is 5.18. The third-order valence-electron chi connectivity index (χ3n) is 2.73. The summed E-state index contributed by atoms with van der Waals surface area (Å²) < 4.78 is 3.54. The number of nitrogens with zero attached hydrogens (tertiary/aromatic N) is 1. The van der Waals surface area contributed by atoms with Gasteiger partial charge in [-0.2, -0.15) is 5.26 Å². The highest BCUT2D eigenvalue weighted by molar-refractivity contribution is 7.98. The summed E-state index contributed by atoms with van der Waals surface area (Å²) in [7, 11) is 0. The molecular formula is C15H10Cl2N2OS2. The van der Waals surface area contributed by atoms with Gasteiger partial charge < -0.3 is 0 Å². The maximum absolute atomic E-state index is 11.0. The Morgan fingerprint density at radius 3 is 2.55 bits per heavy atom. The molecule has 3 rings (SSSR count). The van der Waals surface area contributed by atoms with Gasteiger partial charge in [0.25, 0.3) is 5.56 Å². The fraction of sp³-hybridized carbons (Fsp3) is 0.0667. The molecule has 1 heterocycles. The molecule has 112 valence electrons. The van der Waals surface area contributed by atoms with Gasteiger partial charge in [-0.1, -0.05) is 34.7 Å². The minimum atomic E-state index is -0.0401. The van der Waals surface area contributed by atoms with Gasteiger partial charge in [0.2, 0.25) is 0 Å². The van der Waals surface area contributed by atoms with Gasteiger partial charge in [-0.25, -0.2) is 0 Å². The molecule has 0 aliphatic heterocycles. The number of benzene rings is 2. The number of rotatable bonds is 1. The molecule has 1 aromatic heterocycles. The molecule has 0 amide bonds. The third-order valence-corrected chi connectivity index (χ3v) is 4.82. The Bertz CT molecular complexity index is 896. The zero-order valence-corrected chi connectivity index (χ0v) is 14.5. The Hall–Kier alpha value is -1.45. The second-order valence-corrected chi connectivity index (χ2v) is 6.70. The Balaban J connectivity index is 0.000000160. The number of fused-ring (bicyclic) bond motifs is 1. The maximum Gasteiger partial charge on any atom is 0.265 e. The van der Waals surface area contributed by atoms with Crippen molar-refractivity contribution in [2.45, 2.75) is 4.90 Å². The first kappa shape index (κ1) is 16.9. The molecule has 3 aromatic rings. The SMILES string of the molecule is CSc1cc(Cl)ccc1C#N.O=c1[nH]sc2cc(Cl)ccc12. The molecule has 0 spiro atoms. The smallest absolute Gasteiger partial charge is 0.265 e. The van der Waals surface area contributed by atoms with Crippen LogP contribution in [0.5, 0.6) is 0 Å². The molecule has 2 aromatic carbocycles. The van der Waals surface area contributed by atoms with Crippen LogP contribution < -0.4 is 5.56 Å². The number of thioether (sulfide) groups is 1. The monoisotopic (exact) mass is 368 g/mol. The van der Waals surface area contributed by atoms with Crippen molar-refractivity contribution in [1.29, 1.82) is 5.26 Å². The van der Waals surface area contributed by atoms with Crippen molar-refractivity contribution in [2.24, 2.45) is 0 Å². The number of aromatic nitrogens is 1. The summed E-state index contributed by atoms with van der Waals surface area (Å²) in [5.74, 6) is 0. The van der Waals surface area contributed by atoms with Crippen molar-refractivity contribution < 1.29 is 0 Å². The fourth-order valence-electron chi connectivity index (χ4n) is 1.68. The van der Waals surface area contributed by atoms with Gasteiger partial charge >= 0.3 is 0 Å². The summed E-state index contributed by atoms with van der Waals surface area (Å²) in [5, 5.41) is 10.7. The van der Waals surface area contributed by atoms with E-state index in [1.807, 2.05) is 6.26 Å². The number of halogens is 2. The summed E-state index contributed by atoms with van der Waals surface area (Å²) in [5.41, 5.74) is 0.642. The highest BCUT2D eigenvalue weighted by Gasteiger charge is 2.00. The molecule has 1 N–H and O–H groups in total. The molecule has 0 saturated heterocycles. The first-order chi connectivity index (χ1) is 10.5. The zero-order valence-electron chi connectivity index (χ0n) is 11.4. The quantitative estimate of drug-likeness (QED) is 0.602. The van der Waals surface area contributed by atoms with Gasteiger partial charge in [-0.3, -0.25) is 9.17 Å². The van der Waals surface area contributed by atoms with E-state index < -0.39 is 0 Å². The Morgan fingerprint density at radius 1 is 1.18 bits per heavy atom. The minimum absolute atomic E-state index is 0.0401. The van der Waals surface area contributed by atoms with E-state index in [-0.39, 0.29) is 5.56 Å². The van der Waals surface area contributed by atoms with Crippen LogP contribution in [-0.2, 0) is 0 Å². The van der Waals surface area contributed by atoms with Crippen LogP contribution in [0.1, 0.15) is 5.56 Å². The summed E-state index contributed by atoms with van der Waals surface area (Å²) in [6.45, 7) is 0. The standard InChI is InChI=1S/C8H6ClNS.C7H4ClNOS/c1-11-8-4-7(9)3-2-6(8)5-10;8-4-1-2-5-6(3-4)11-9-7(5)10/h2-4H,1H3;1-3H,(H,9,10). The Morgan fingerprint density at radius 2 is 1.86 bits per heavy atom. The van der Waals surface area contributed by atoms with Crippen LogP contribution in [0.2, 0.25) is 10.0 Å². The number of nitrogens with one attached hydrogen (secondary N) is 1. The highest BCUT2D eigenvalue weighted by Crippen LogP contribution is 2.23. The van der Waals surface area contributed by atoms with Crippen LogP contribution in [0.25, 0.3) is 10.1 Å². The highest BCUT2D eigenvalue weighted by atomic mass is 35.5. The largest absolute Gasteiger partial charge is 0.277 e. The number of hydrogen-bond donors (Lipinski definition) is 1. The second kappa shape index (κ2) is 7.70. The predicted molar refractivity (Wildman–Crippen MR) is 95.4 cm³/mol. The van der Waals surface area contributed by atoms with Gasteiger partial charge in [0.15, 0.2) is 0 Å². The Labute approximate surface area is 145 Å². The van der Waals surface area contributed by atoms with Crippen LogP contribution >= 0.6 is 46.5 Å². The first-order valence-corrected chi connectivity index (χ1v) is 8.85. The van der Waals surface area contributed by atoms with Crippen LogP contribution in [0.3, 0.4) is 0 Å². The summed E-state index contributed by atoms with van der Waals surface area (Å²) in [6, 6.07) is 12.6. The van der Waals surface area contributed by atoms with Crippen LogP contribution in [0.4, 0.5) is 0 Å². The molecule has 0 aliphatic rings. The maximum atomic E-state index is 11.0. The van der Waals surface area contributed by atoms with Crippen LogP contribution in [0, 0.1) is 11.3 Å². The van der Waals surface area contributed by atoms with Gasteiger partial charge in [0, 0.05) is 14.9 Å². The van der Waals surface area contributed by atoms with E-state index >= 15 is 0 Å². The van der Waals surface area contributed by atoms with Crippen molar-refractivity contribution >= 4 is 56.6 Å². The molecular weight excluding hydrogens is 359 g/mol. The molecule has 0 atom stereocenters. The van der Waals surface area contributed by atoms with E-state index in [4.69, 9.17) is 28.5 Å². The van der Waals surface area contributed by atoms with Crippen molar-refractivity contribution in [3.63, 3.8) is 0 Å². The van der Waals surface area contributed by atoms with E-state index in [2.05, 4.69) is 10.4 Å². The lowest BCUT2D eigenvalue weighted by atomic mass is 10.2. The summed E-state index contributed by atoms with van der Waals surface area (Å²) >= 11 is 14.3. The van der Waals surface area contributed by atoms with Gasteiger partial charge in [0.05, 0.1) is 15.6 Å². The van der Waals surface area contributed by atoms with Crippen molar-refractivity contribution in [2.75, 3.05) is 6.26 Å². The summed E-state index contributed by atoms with van der Waals surface area (Å²) in [4.78, 5) is 11.9. The first-order valence-electron chi connectivity index (χ1n) is 6.05. The minimum Gasteiger partial charge on any atom is -0.277 e. The molecule has 22 heavy (non-hydrogen) atoms. The summed E-state index contributed by atoms with van der Waals surface area (Å²) in [6.07, 6.45) is 1.92. The molecule has 0 aliphatic carbocycles. The van der Waals surface area contributed by atoms with Gasteiger partial charge in [-0.05, 0) is 42.7 Å². The van der Waals surface area contributed by atoms with Crippen molar-refractivity contribution in [3.8, 4) is 6.07 Å². The normalized spacial score (nSPS) is 9.91. The van der Waals surface area contributed by atoms with Gasteiger partial charge in [0.1, 0.15) is 6.07 Å². The number of H-pyrrole nitrogens is 1. The molecule has 3 nitrogen and oxygen atoms in total. The van der Waals surface area contributed by atoms with Crippen molar-refractivity contribution in [1.82, 2.24) is 4.37 Å². The number of aromatic amines is 1. The third kappa shape index (κ3) is 4.05. The van der Waals surface area contributed by atoms with Crippen LogP contribution in [0.15, 0.2) is 46.1 Å². The Kier molecular flexibility index (Phi) is 5.92. The van der Waals surface area contributed by atoms with E-state index in [1.54, 1.807) is 36.4 Å². The molecule has 0 fully saturated rings. The molecule has 0 radical (unpaired) electrons. The molecule has 7 heteroatoms. The fourth-order valence-corrected chi connectivity index (χ4v) is 3.50. The van der Waals surface area contributed by atoms with E-state index in [1.165, 1.54) is 23.3 Å². The zero-order chi connectivity index (χ0) is 16.1. The lowest BCUT2D eigenvalue weighted by molar-refractivity contribution is 1.37. The lowest BCUT2D eigenvalue weighted by Gasteiger charge is -1.98. The van der Waals surface area contributed by atoms with Gasteiger partial charge in [-0.15, -0.1) is 11.8 Å². The lowest BCUT2D eigenvalue weighted by Crippen LogP contribution is -1.95. The molecule has 0 saturated carbocycles. The van der Waals surface area contributed by atoms with E-state index in [0.717, 1.165) is 9.60 Å². The van der Waals surface area contributed by atoms with E-state index in [0.29, 0.717) is 21.0 Å². The molecule has 0 unspecified atom stereocenters. The van der Waals surface area contributed by atoms with Crippen molar-refractivity contribution in [3.05, 3.63) is 62.4 Å². The average Bonchev–Trinajstić information content (AvgIpc) is 2.88. The molecule has 0 bridgehead atoms. The van der Waals surface area contributed by atoms with Crippen LogP contribution in [-0.4, -0.2) is 10.6 Å².